The molecule has 0 radical (unpaired) electrons. The molecule has 0 aromatic rings. The van der Waals surface area contributed by atoms with Crippen LogP contribution in [0, 0.1) is 20.2 Å². The maximum absolute atomic E-state index is 10.1. The van der Waals surface area contributed by atoms with Gasteiger partial charge in [0.2, 0.25) is 0 Å². The molecule has 4 atom stereocenters. The second-order valence-corrected chi connectivity index (χ2v) is 3.34. The van der Waals surface area contributed by atoms with Crippen molar-refractivity contribution in [3.05, 3.63) is 20.2 Å². The molecule has 10 heteroatoms. The number of hydrogen-bond acceptors (Lipinski definition) is 8. The van der Waals surface area contributed by atoms with Crippen molar-refractivity contribution < 1.29 is 30.1 Å². The van der Waals surface area contributed by atoms with E-state index in [4.69, 9.17) is 0 Å². The average molecular weight is 238 g/mol. The molecular formula is C6H10N2O8. The summed E-state index contributed by atoms with van der Waals surface area (Å²) in [6.45, 7) is 0. The summed E-state index contributed by atoms with van der Waals surface area (Å²) in [6, 6.07) is 0. The minimum absolute atomic E-state index is 0.281. The quantitative estimate of drug-likeness (QED) is 0.451. The second-order valence-electron chi connectivity index (χ2n) is 3.34. The zero-order valence-electron chi connectivity index (χ0n) is 7.96. The maximum Gasteiger partial charge on any atom is 0.294 e. The van der Waals surface area contributed by atoms with Crippen LogP contribution in [0.2, 0.25) is 0 Å². The number of aliphatic hydroxyl groups excluding tert-OH is 2. The fourth-order valence-corrected chi connectivity index (χ4v) is 1.54. The van der Waals surface area contributed by atoms with E-state index in [1.165, 1.54) is 0 Å². The molecule has 0 aliphatic heterocycles. The van der Waals surface area contributed by atoms with Crippen LogP contribution in [0.15, 0.2) is 0 Å². The van der Waals surface area contributed by atoms with E-state index >= 15 is 0 Å². The van der Waals surface area contributed by atoms with Crippen LogP contribution in [0.1, 0.15) is 12.8 Å². The van der Waals surface area contributed by atoms with Gasteiger partial charge in [0.1, 0.15) is 12.2 Å². The largest absolute Gasteiger partial charge is 0.391 e. The standard InChI is InChI=1S/C6H10N2O8/c9-3-1-4(10)6(16-8(13)14)2-5(3)15-7(11)12/h3-6,9-10H,1-2H2. The van der Waals surface area contributed by atoms with Gasteiger partial charge < -0.3 is 19.9 Å². The summed E-state index contributed by atoms with van der Waals surface area (Å²) in [5, 5.41) is 36.6. The molecule has 1 aliphatic rings. The lowest BCUT2D eigenvalue weighted by Gasteiger charge is -2.33. The Balaban J connectivity index is 2.60. The molecular weight excluding hydrogens is 228 g/mol. The van der Waals surface area contributed by atoms with Gasteiger partial charge in [-0.25, -0.2) is 0 Å². The molecule has 92 valence electrons. The van der Waals surface area contributed by atoms with Crippen molar-refractivity contribution in [2.45, 2.75) is 37.3 Å². The normalized spacial score (nSPS) is 34.1. The smallest absolute Gasteiger partial charge is 0.294 e. The molecule has 0 amide bonds. The molecule has 10 nitrogen and oxygen atoms in total. The molecule has 1 aliphatic carbocycles. The van der Waals surface area contributed by atoms with Gasteiger partial charge in [0.05, 0.1) is 12.2 Å². The molecule has 0 heterocycles. The van der Waals surface area contributed by atoms with Crippen LogP contribution in [0.3, 0.4) is 0 Å². The molecule has 0 bridgehead atoms. The molecule has 0 spiro atoms. The summed E-state index contributed by atoms with van der Waals surface area (Å²) < 4.78 is 0. The van der Waals surface area contributed by atoms with Crippen molar-refractivity contribution in [2.75, 3.05) is 0 Å². The van der Waals surface area contributed by atoms with E-state index < -0.39 is 34.6 Å². The summed E-state index contributed by atoms with van der Waals surface area (Å²) >= 11 is 0. The van der Waals surface area contributed by atoms with Gasteiger partial charge in [-0.1, -0.05) is 0 Å². The molecule has 2 N–H and O–H groups in total. The molecule has 0 aromatic carbocycles. The lowest BCUT2D eigenvalue weighted by atomic mass is 9.90. The molecule has 1 rings (SSSR count). The highest BCUT2D eigenvalue weighted by atomic mass is 17.0. The topological polar surface area (TPSA) is 145 Å². The van der Waals surface area contributed by atoms with Gasteiger partial charge in [-0.3, -0.25) is 0 Å². The summed E-state index contributed by atoms with van der Waals surface area (Å²) in [5.74, 6) is 0. The first-order chi connectivity index (χ1) is 7.40. The minimum atomic E-state index is -1.26. The number of nitrogens with zero attached hydrogens (tertiary/aromatic N) is 2. The Kier molecular flexibility index (Phi) is 3.79. The van der Waals surface area contributed by atoms with Gasteiger partial charge in [0.25, 0.3) is 10.2 Å². The first kappa shape index (κ1) is 12.4. The Morgan fingerprint density at radius 3 is 1.62 bits per heavy atom. The van der Waals surface area contributed by atoms with Gasteiger partial charge in [0, 0.05) is 12.8 Å². The van der Waals surface area contributed by atoms with Crippen LogP contribution < -0.4 is 0 Å². The van der Waals surface area contributed by atoms with Crippen molar-refractivity contribution in [2.24, 2.45) is 0 Å². The third-order valence-electron chi connectivity index (χ3n) is 2.25. The number of hydrogen-bond donors (Lipinski definition) is 2. The third kappa shape index (κ3) is 3.17. The first-order valence-corrected chi connectivity index (χ1v) is 4.38. The average Bonchev–Trinajstić information content (AvgIpc) is 2.11. The molecule has 16 heavy (non-hydrogen) atoms. The predicted octanol–water partition coefficient (Wildman–Crippen LogP) is -1.34. The Hall–Kier alpha value is -1.68. The fraction of sp³-hybridized carbons (Fsp3) is 1.00. The second kappa shape index (κ2) is 4.90. The summed E-state index contributed by atoms with van der Waals surface area (Å²) in [5.41, 5.74) is 0. The van der Waals surface area contributed by atoms with E-state index in [1.54, 1.807) is 0 Å². The predicted molar refractivity (Wildman–Crippen MR) is 45.0 cm³/mol. The van der Waals surface area contributed by atoms with Gasteiger partial charge in [-0.2, -0.15) is 0 Å². The summed E-state index contributed by atoms with van der Waals surface area (Å²) in [4.78, 5) is 28.4. The highest BCUT2D eigenvalue weighted by molar-refractivity contribution is 4.86. The Bertz CT molecular complexity index is 258. The van der Waals surface area contributed by atoms with E-state index in [9.17, 15) is 30.4 Å². The van der Waals surface area contributed by atoms with Gasteiger partial charge >= 0.3 is 0 Å². The fourth-order valence-electron chi connectivity index (χ4n) is 1.54. The van der Waals surface area contributed by atoms with Crippen molar-refractivity contribution in [3.63, 3.8) is 0 Å². The zero-order chi connectivity index (χ0) is 12.3. The molecule has 1 fully saturated rings. The zero-order valence-corrected chi connectivity index (χ0v) is 7.96. The van der Waals surface area contributed by atoms with Crippen molar-refractivity contribution >= 4 is 0 Å². The highest BCUT2D eigenvalue weighted by Gasteiger charge is 2.39. The molecule has 1 saturated carbocycles. The summed E-state index contributed by atoms with van der Waals surface area (Å²) in [6.07, 6.45) is -5.59. The minimum Gasteiger partial charge on any atom is -0.391 e. The van der Waals surface area contributed by atoms with Crippen LogP contribution in [-0.4, -0.2) is 44.8 Å². The highest BCUT2D eigenvalue weighted by Crippen LogP contribution is 2.24. The number of aliphatic hydroxyl groups is 2. The van der Waals surface area contributed by atoms with E-state index in [0.717, 1.165) is 0 Å². The van der Waals surface area contributed by atoms with Crippen LogP contribution in [0.4, 0.5) is 0 Å². The van der Waals surface area contributed by atoms with E-state index in [0.29, 0.717) is 0 Å². The molecule has 0 aromatic heterocycles. The van der Waals surface area contributed by atoms with Crippen LogP contribution >= 0.6 is 0 Å². The summed E-state index contributed by atoms with van der Waals surface area (Å²) in [7, 11) is 0. The van der Waals surface area contributed by atoms with E-state index in [2.05, 4.69) is 9.68 Å². The Morgan fingerprint density at radius 2 is 1.31 bits per heavy atom. The molecule has 0 saturated heterocycles. The maximum atomic E-state index is 10.1. The lowest BCUT2D eigenvalue weighted by molar-refractivity contribution is -0.783. The monoisotopic (exact) mass is 238 g/mol. The van der Waals surface area contributed by atoms with Gasteiger partial charge in [-0.05, 0) is 0 Å². The van der Waals surface area contributed by atoms with Crippen molar-refractivity contribution in [3.8, 4) is 0 Å². The Morgan fingerprint density at radius 1 is 0.938 bits per heavy atom. The first-order valence-electron chi connectivity index (χ1n) is 4.38. The Labute approximate surface area is 88.6 Å². The van der Waals surface area contributed by atoms with E-state index in [1.807, 2.05) is 0 Å². The van der Waals surface area contributed by atoms with Gasteiger partial charge in [-0.15, -0.1) is 20.2 Å². The van der Waals surface area contributed by atoms with Crippen LogP contribution in [0.25, 0.3) is 0 Å². The van der Waals surface area contributed by atoms with Crippen molar-refractivity contribution in [1.29, 1.82) is 0 Å². The van der Waals surface area contributed by atoms with Crippen LogP contribution in [-0.2, 0) is 9.68 Å². The number of rotatable bonds is 4. The van der Waals surface area contributed by atoms with Crippen LogP contribution in [0.5, 0.6) is 0 Å². The third-order valence-corrected chi connectivity index (χ3v) is 2.25. The molecule has 4 unspecified atom stereocenters. The van der Waals surface area contributed by atoms with Gasteiger partial charge in [0.15, 0.2) is 0 Å². The SMILES string of the molecule is O=[N+]([O-])OC1CC(O[N+](=O)[O-])C(O)CC1O. The lowest BCUT2D eigenvalue weighted by Crippen LogP contribution is -2.48. The van der Waals surface area contributed by atoms with Crippen molar-refractivity contribution in [1.82, 2.24) is 0 Å². The van der Waals surface area contributed by atoms with E-state index in [-0.39, 0.29) is 12.8 Å².